The number of aryl methyl sites for hydroxylation is 2. The maximum absolute atomic E-state index is 6.02. The third-order valence-electron chi connectivity index (χ3n) is 2.53. The quantitative estimate of drug-likeness (QED) is 0.907. The number of hydrogen-bond donors (Lipinski definition) is 1. The van der Waals surface area contributed by atoms with E-state index < -0.39 is 0 Å². The molecule has 0 bridgehead atoms. The minimum absolute atomic E-state index is 0.634. The van der Waals surface area contributed by atoms with Crippen LogP contribution in [0, 0.1) is 0 Å². The number of nitrogens with zero attached hydrogens (tertiary/aromatic N) is 3. The van der Waals surface area contributed by atoms with E-state index in [1.165, 1.54) is 5.56 Å². The number of rotatable bonds is 4. The minimum atomic E-state index is 0.634. The summed E-state index contributed by atoms with van der Waals surface area (Å²) in [5.41, 5.74) is 2.28. The summed E-state index contributed by atoms with van der Waals surface area (Å²) in [6.45, 7) is 2.79. The number of pyridine rings is 1. The van der Waals surface area contributed by atoms with Crippen molar-refractivity contribution in [2.45, 2.75) is 19.9 Å². The van der Waals surface area contributed by atoms with E-state index in [0.717, 1.165) is 12.1 Å². The van der Waals surface area contributed by atoms with Gasteiger partial charge in [0.25, 0.3) is 0 Å². The van der Waals surface area contributed by atoms with Crippen molar-refractivity contribution in [2.75, 3.05) is 5.32 Å². The SMILES string of the molecule is CCc1nn(C)cc1CNc1ncccc1Cl. The van der Waals surface area contributed by atoms with Crippen molar-refractivity contribution in [3.8, 4) is 0 Å². The summed E-state index contributed by atoms with van der Waals surface area (Å²) in [6, 6.07) is 3.63. The van der Waals surface area contributed by atoms with Crippen LogP contribution in [-0.2, 0) is 20.0 Å². The second-order valence-corrected chi connectivity index (χ2v) is 4.22. The van der Waals surface area contributed by atoms with E-state index in [2.05, 4.69) is 22.3 Å². The molecular weight excluding hydrogens is 236 g/mol. The second kappa shape index (κ2) is 5.19. The first-order valence-electron chi connectivity index (χ1n) is 5.56. The van der Waals surface area contributed by atoms with Gasteiger partial charge in [-0.3, -0.25) is 4.68 Å². The van der Waals surface area contributed by atoms with Gasteiger partial charge < -0.3 is 5.32 Å². The van der Waals surface area contributed by atoms with E-state index in [9.17, 15) is 0 Å². The Morgan fingerprint density at radius 1 is 1.47 bits per heavy atom. The largest absolute Gasteiger partial charge is 0.365 e. The normalized spacial score (nSPS) is 10.5. The lowest BCUT2D eigenvalue weighted by atomic mass is 10.2. The van der Waals surface area contributed by atoms with Gasteiger partial charge in [0.05, 0.1) is 10.7 Å². The van der Waals surface area contributed by atoms with Crippen LogP contribution in [0.1, 0.15) is 18.2 Å². The third-order valence-corrected chi connectivity index (χ3v) is 2.84. The highest BCUT2D eigenvalue weighted by Crippen LogP contribution is 2.18. The highest BCUT2D eigenvalue weighted by Gasteiger charge is 2.06. The van der Waals surface area contributed by atoms with E-state index in [1.54, 1.807) is 6.20 Å². The molecule has 0 saturated heterocycles. The van der Waals surface area contributed by atoms with E-state index in [-0.39, 0.29) is 0 Å². The van der Waals surface area contributed by atoms with E-state index >= 15 is 0 Å². The Hall–Kier alpha value is -1.55. The number of halogens is 1. The number of hydrogen-bond acceptors (Lipinski definition) is 3. The van der Waals surface area contributed by atoms with Crippen LogP contribution in [0.3, 0.4) is 0 Å². The lowest BCUT2D eigenvalue weighted by Crippen LogP contribution is -2.03. The first-order chi connectivity index (χ1) is 8.20. The van der Waals surface area contributed by atoms with E-state index in [0.29, 0.717) is 17.4 Å². The Kier molecular flexibility index (Phi) is 3.64. The average Bonchev–Trinajstić information content (AvgIpc) is 2.69. The lowest BCUT2D eigenvalue weighted by Gasteiger charge is -2.06. The van der Waals surface area contributed by atoms with Crippen LogP contribution in [0.15, 0.2) is 24.5 Å². The fraction of sp³-hybridized carbons (Fsp3) is 0.333. The molecule has 0 radical (unpaired) electrons. The predicted octanol–water partition coefficient (Wildman–Crippen LogP) is 2.64. The van der Waals surface area contributed by atoms with Crippen LogP contribution in [0.25, 0.3) is 0 Å². The molecule has 0 saturated carbocycles. The van der Waals surface area contributed by atoms with Crippen molar-refractivity contribution in [1.29, 1.82) is 0 Å². The summed E-state index contributed by atoms with van der Waals surface area (Å²) in [6.07, 6.45) is 4.66. The first-order valence-corrected chi connectivity index (χ1v) is 5.94. The van der Waals surface area contributed by atoms with Crippen molar-refractivity contribution in [3.63, 3.8) is 0 Å². The Morgan fingerprint density at radius 2 is 2.29 bits per heavy atom. The number of nitrogens with one attached hydrogen (secondary N) is 1. The van der Waals surface area contributed by atoms with Gasteiger partial charge in [0, 0.05) is 31.5 Å². The summed E-state index contributed by atoms with van der Waals surface area (Å²) in [4.78, 5) is 4.19. The second-order valence-electron chi connectivity index (χ2n) is 3.82. The van der Waals surface area contributed by atoms with Crippen molar-refractivity contribution in [2.24, 2.45) is 7.05 Å². The standard InChI is InChI=1S/C12H15ClN4/c1-3-11-9(8-17(2)16-11)7-15-12-10(13)5-4-6-14-12/h4-6,8H,3,7H2,1-2H3,(H,14,15). The molecule has 2 rings (SSSR count). The smallest absolute Gasteiger partial charge is 0.145 e. The van der Waals surface area contributed by atoms with Crippen molar-refractivity contribution < 1.29 is 0 Å². The molecule has 0 aromatic carbocycles. The third kappa shape index (κ3) is 2.77. The van der Waals surface area contributed by atoms with Crippen LogP contribution in [0.2, 0.25) is 5.02 Å². The zero-order valence-corrected chi connectivity index (χ0v) is 10.7. The van der Waals surface area contributed by atoms with Gasteiger partial charge in [0.1, 0.15) is 5.82 Å². The van der Waals surface area contributed by atoms with Gasteiger partial charge in [0.2, 0.25) is 0 Å². The minimum Gasteiger partial charge on any atom is -0.365 e. The van der Waals surface area contributed by atoms with Crippen LogP contribution < -0.4 is 5.32 Å². The van der Waals surface area contributed by atoms with Gasteiger partial charge in [-0.15, -0.1) is 0 Å². The zero-order chi connectivity index (χ0) is 12.3. The Labute approximate surface area is 106 Å². The summed E-state index contributed by atoms with van der Waals surface area (Å²) in [7, 11) is 1.93. The monoisotopic (exact) mass is 250 g/mol. The highest BCUT2D eigenvalue weighted by molar-refractivity contribution is 6.32. The molecule has 1 N–H and O–H groups in total. The van der Waals surface area contributed by atoms with Crippen LogP contribution >= 0.6 is 11.6 Å². The molecule has 2 aromatic heterocycles. The molecule has 0 atom stereocenters. The number of aromatic nitrogens is 3. The van der Waals surface area contributed by atoms with Gasteiger partial charge in [-0.25, -0.2) is 4.98 Å². The molecule has 0 unspecified atom stereocenters. The molecule has 5 heteroatoms. The van der Waals surface area contributed by atoms with Crippen molar-refractivity contribution >= 4 is 17.4 Å². The maximum atomic E-state index is 6.02. The van der Waals surface area contributed by atoms with Gasteiger partial charge in [-0.2, -0.15) is 5.10 Å². The molecule has 0 aliphatic rings. The molecule has 4 nitrogen and oxygen atoms in total. The molecule has 2 aromatic rings. The van der Waals surface area contributed by atoms with Crippen molar-refractivity contribution in [1.82, 2.24) is 14.8 Å². The molecule has 0 amide bonds. The summed E-state index contributed by atoms with van der Waals surface area (Å²) in [5.74, 6) is 0.708. The molecule has 17 heavy (non-hydrogen) atoms. The van der Waals surface area contributed by atoms with Crippen LogP contribution in [0.5, 0.6) is 0 Å². The molecule has 0 aliphatic heterocycles. The van der Waals surface area contributed by atoms with Crippen LogP contribution in [-0.4, -0.2) is 14.8 Å². The van der Waals surface area contributed by atoms with Gasteiger partial charge in [-0.1, -0.05) is 18.5 Å². The lowest BCUT2D eigenvalue weighted by molar-refractivity contribution is 0.746. The fourth-order valence-corrected chi connectivity index (χ4v) is 1.91. The molecule has 90 valence electrons. The Balaban J connectivity index is 2.09. The fourth-order valence-electron chi connectivity index (χ4n) is 1.72. The highest BCUT2D eigenvalue weighted by atomic mass is 35.5. The van der Waals surface area contributed by atoms with Gasteiger partial charge >= 0.3 is 0 Å². The molecular formula is C12H15ClN4. The molecule has 0 spiro atoms. The van der Waals surface area contributed by atoms with Gasteiger partial charge in [-0.05, 0) is 18.6 Å². The summed E-state index contributed by atoms with van der Waals surface area (Å²) in [5, 5.41) is 8.24. The molecule has 2 heterocycles. The maximum Gasteiger partial charge on any atom is 0.145 e. The zero-order valence-electron chi connectivity index (χ0n) is 9.94. The predicted molar refractivity (Wildman–Crippen MR) is 69.2 cm³/mol. The first kappa shape index (κ1) is 11.9. The summed E-state index contributed by atoms with van der Waals surface area (Å²) < 4.78 is 1.83. The molecule has 0 aliphatic carbocycles. The van der Waals surface area contributed by atoms with E-state index in [4.69, 9.17) is 11.6 Å². The average molecular weight is 251 g/mol. The Morgan fingerprint density at radius 3 is 3.00 bits per heavy atom. The topological polar surface area (TPSA) is 42.7 Å². The molecule has 0 fully saturated rings. The summed E-state index contributed by atoms with van der Waals surface area (Å²) >= 11 is 6.02. The van der Waals surface area contributed by atoms with Crippen molar-refractivity contribution in [3.05, 3.63) is 40.8 Å². The Bertz CT molecular complexity index is 507. The van der Waals surface area contributed by atoms with E-state index in [1.807, 2.05) is 30.1 Å². The number of anilines is 1. The van der Waals surface area contributed by atoms with Gasteiger partial charge in [0.15, 0.2) is 0 Å². The van der Waals surface area contributed by atoms with Crippen LogP contribution in [0.4, 0.5) is 5.82 Å².